The first kappa shape index (κ1) is 37.7. The van der Waals surface area contributed by atoms with Gasteiger partial charge in [-0.2, -0.15) is 0 Å². The van der Waals surface area contributed by atoms with E-state index in [2.05, 4.69) is 66.3 Å². The number of imidazole rings is 1. The minimum atomic E-state index is -0.280. The summed E-state index contributed by atoms with van der Waals surface area (Å²) in [5.41, 5.74) is 5.83. The fraction of sp³-hybridized carbons (Fsp3) is 0.390. The van der Waals surface area contributed by atoms with Crippen molar-refractivity contribution in [3.8, 4) is 16.9 Å². The summed E-state index contributed by atoms with van der Waals surface area (Å²) >= 11 is 1.62. The molecule has 10 heteroatoms. The van der Waals surface area contributed by atoms with Gasteiger partial charge >= 0.3 is 5.97 Å². The number of amides is 1. The van der Waals surface area contributed by atoms with E-state index < -0.39 is 0 Å². The quantitative estimate of drug-likeness (QED) is 0.0625. The number of aromatic nitrogens is 2. The molecule has 0 spiro atoms. The maximum atomic E-state index is 13.7. The van der Waals surface area contributed by atoms with Gasteiger partial charge in [-0.3, -0.25) is 9.59 Å². The molecule has 1 aromatic heterocycles. The van der Waals surface area contributed by atoms with Gasteiger partial charge in [0.05, 0.1) is 19.0 Å². The predicted molar refractivity (Wildman–Crippen MR) is 206 cm³/mol. The zero-order chi connectivity index (χ0) is 36.0. The van der Waals surface area contributed by atoms with Crippen molar-refractivity contribution < 1.29 is 23.8 Å². The SMILES string of the molecule is CCCCOCCOc1ccc(-c2ccc3c(c2)C=C(C(=O)Nc2ccc(SCc4nccn4CC(=O)OCC)cc2)CCN3CC(C)C)cc1. The molecule has 4 aromatic rings. The van der Waals surface area contributed by atoms with E-state index >= 15 is 0 Å². The van der Waals surface area contributed by atoms with Crippen LogP contribution in [0.3, 0.4) is 0 Å². The molecule has 51 heavy (non-hydrogen) atoms. The largest absolute Gasteiger partial charge is 0.491 e. The molecule has 0 bridgehead atoms. The highest BCUT2D eigenvalue weighted by atomic mass is 32.2. The summed E-state index contributed by atoms with van der Waals surface area (Å²) in [4.78, 5) is 33.4. The lowest BCUT2D eigenvalue weighted by atomic mass is 10.00. The first-order valence-electron chi connectivity index (χ1n) is 17.9. The van der Waals surface area contributed by atoms with Crippen molar-refractivity contribution in [1.82, 2.24) is 9.55 Å². The van der Waals surface area contributed by atoms with E-state index in [1.807, 2.05) is 47.0 Å². The fourth-order valence-corrected chi connectivity index (χ4v) is 6.72. The number of esters is 1. The minimum Gasteiger partial charge on any atom is -0.491 e. The van der Waals surface area contributed by atoms with Crippen LogP contribution in [0.15, 0.2) is 89.6 Å². The van der Waals surface area contributed by atoms with E-state index in [0.29, 0.717) is 37.9 Å². The van der Waals surface area contributed by atoms with Crippen LogP contribution < -0.4 is 15.0 Å². The summed E-state index contributed by atoms with van der Waals surface area (Å²) < 4.78 is 18.4. The first-order chi connectivity index (χ1) is 24.8. The Morgan fingerprint density at radius 2 is 1.75 bits per heavy atom. The van der Waals surface area contributed by atoms with Crippen molar-refractivity contribution in [2.45, 2.75) is 64.2 Å². The lowest BCUT2D eigenvalue weighted by Gasteiger charge is -2.27. The number of nitrogens with one attached hydrogen (secondary N) is 1. The van der Waals surface area contributed by atoms with E-state index in [-0.39, 0.29) is 18.4 Å². The highest BCUT2D eigenvalue weighted by Crippen LogP contribution is 2.34. The van der Waals surface area contributed by atoms with Crippen molar-refractivity contribution in [3.63, 3.8) is 0 Å². The zero-order valence-electron chi connectivity index (χ0n) is 30.2. The molecule has 1 N–H and O–H groups in total. The molecule has 0 unspecified atom stereocenters. The molecule has 0 saturated heterocycles. The van der Waals surface area contributed by atoms with Gasteiger partial charge in [-0.1, -0.05) is 45.4 Å². The summed E-state index contributed by atoms with van der Waals surface area (Å²) in [6, 6.07) is 22.5. The molecule has 1 aliphatic rings. The summed E-state index contributed by atoms with van der Waals surface area (Å²) in [6.45, 7) is 12.4. The zero-order valence-corrected chi connectivity index (χ0v) is 31.0. The number of unbranched alkanes of at least 4 members (excludes halogenated alkanes) is 1. The Labute approximate surface area is 306 Å². The van der Waals surface area contributed by atoms with Crippen LogP contribution in [-0.4, -0.2) is 60.9 Å². The number of benzene rings is 3. The van der Waals surface area contributed by atoms with Crippen LogP contribution in [0.25, 0.3) is 17.2 Å². The molecular formula is C41H50N4O5S. The predicted octanol–water partition coefficient (Wildman–Crippen LogP) is 8.49. The average molecular weight is 711 g/mol. The second kappa shape index (κ2) is 19.2. The molecule has 2 heterocycles. The monoisotopic (exact) mass is 710 g/mol. The van der Waals surface area contributed by atoms with Crippen molar-refractivity contribution in [1.29, 1.82) is 0 Å². The van der Waals surface area contributed by atoms with Gasteiger partial charge in [-0.25, -0.2) is 4.98 Å². The van der Waals surface area contributed by atoms with Crippen LogP contribution in [0, 0.1) is 5.92 Å². The minimum absolute atomic E-state index is 0.0979. The molecule has 1 aliphatic heterocycles. The Balaban J connectivity index is 1.24. The van der Waals surface area contributed by atoms with Gasteiger partial charge in [0.2, 0.25) is 0 Å². The molecule has 0 saturated carbocycles. The van der Waals surface area contributed by atoms with Crippen LogP contribution in [0.4, 0.5) is 11.4 Å². The second-order valence-corrected chi connectivity index (χ2v) is 14.0. The van der Waals surface area contributed by atoms with Crippen LogP contribution in [0.5, 0.6) is 5.75 Å². The number of fused-ring (bicyclic) bond motifs is 1. The Bertz CT molecular complexity index is 1750. The molecule has 0 atom stereocenters. The number of nitrogens with zero attached hydrogens (tertiary/aromatic N) is 3. The van der Waals surface area contributed by atoms with Crippen molar-refractivity contribution in [2.75, 3.05) is 49.7 Å². The van der Waals surface area contributed by atoms with E-state index in [0.717, 1.165) is 82.6 Å². The van der Waals surface area contributed by atoms with Gasteiger partial charge in [-0.05, 0) is 97.0 Å². The Hall–Kier alpha value is -4.54. The Morgan fingerprint density at radius 1 is 0.961 bits per heavy atom. The lowest BCUT2D eigenvalue weighted by molar-refractivity contribution is -0.143. The molecule has 3 aromatic carbocycles. The van der Waals surface area contributed by atoms with Crippen molar-refractivity contribution in [3.05, 3.63) is 96.1 Å². The van der Waals surface area contributed by atoms with Crippen molar-refractivity contribution in [2.24, 2.45) is 5.92 Å². The van der Waals surface area contributed by atoms with E-state index in [4.69, 9.17) is 14.2 Å². The third-order valence-corrected chi connectivity index (χ3v) is 9.45. The van der Waals surface area contributed by atoms with E-state index in [9.17, 15) is 9.59 Å². The summed E-state index contributed by atoms with van der Waals surface area (Å²) in [7, 11) is 0. The highest BCUT2D eigenvalue weighted by Gasteiger charge is 2.21. The molecule has 9 nitrogen and oxygen atoms in total. The van der Waals surface area contributed by atoms with Gasteiger partial charge in [0, 0.05) is 53.9 Å². The maximum Gasteiger partial charge on any atom is 0.325 e. The maximum absolute atomic E-state index is 13.7. The summed E-state index contributed by atoms with van der Waals surface area (Å²) in [5, 5.41) is 3.12. The first-order valence-corrected chi connectivity index (χ1v) is 18.9. The molecule has 0 fully saturated rings. The van der Waals surface area contributed by atoms with E-state index in [1.165, 1.54) is 0 Å². The fourth-order valence-electron chi connectivity index (χ4n) is 5.86. The topological polar surface area (TPSA) is 94.9 Å². The third kappa shape index (κ3) is 11.2. The van der Waals surface area contributed by atoms with Gasteiger partial charge in [0.25, 0.3) is 5.91 Å². The number of anilines is 2. The van der Waals surface area contributed by atoms with E-state index in [1.54, 1.807) is 31.1 Å². The van der Waals surface area contributed by atoms with Crippen LogP contribution in [-0.2, 0) is 31.4 Å². The second-order valence-electron chi connectivity index (χ2n) is 12.9. The number of thioether (sulfide) groups is 1. The summed E-state index contributed by atoms with van der Waals surface area (Å²) in [5.74, 6) is 2.32. The number of hydrogen-bond acceptors (Lipinski definition) is 8. The number of hydrogen-bond donors (Lipinski definition) is 1. The molecule has 0 aliphatic carbocycles. The lowest BCUT2D eigenvalue weighted by Crippen LogP contribution is -2.29. The Kier molecular flexibility index (Phi) is 14.2. The third-order valence-electron chi connectivity index (χ3n) is 8.44. The number of carbonyl (C=O) groups excluding carboxylic acids is 2. The number of carbonyl (C=O) groups is 2. The van der Waals surface area contributed by atoms with Crippen LogP contribution in [0.1, 0.15) is 58.3 Å². The van der Waals surface area contributed by atoms with Gasteiger partial charge in [-0.15, -0.1) is 11.8 Å². The molecule has 1 amide bonds. The standard InChI is InChI=1S/C41H50N4O5S/c1-5-7-22-48-23-24-50-36-13-8-31(9-14-36)32-10-17-38-34(25-32)26-33(18-20-44(38)27-30(3)4)41(47)43-35-11-15-37(16-12-35)51-29-39-42-19-21-45(39)28-40(46)49-6-2/h8-17,19,21,25-26,30H,5-7,18,20,22-24,27-29H2,1-4H3,(H,43,47). The molecular weight excluding hydrogens is 661 g/mol. The van der Waals surface area contributed by atoms with Gasteiger partial charge in [0.15, 0.2) is 0 Å². The molecule has 0 radical (unpaired) electrons. The van der Waals surface area contributed by atoms with Gasteiger partial charge < -0.3 is 29.0 Å². The molecule has 5 rings (SSSR count). The van der Waals surface area contributed by atoms with Crippen LogP contribution in [0.2, 0.25) is 0 Å². The highest BCUT2D eigenvalue weighted by molar-refractivity contribution is 7.98. The van der Waals surface area contributed by atoms with Crippen LogP contribution >= 0.6 is 11.8 Å². The molecule has 270 valence electrons. The van der Waals surface area contributed by atoms with Gasteiger partial charge in [0.1, 0.15) is 24.7 Å². The Morgan fingerprint density at radius 3 is 2.49 bits per heavy atom. The normalized spacial score (nSPS) is 12.6. The smallest absolute Gasteiger partial charge is 0.325 e. The average Bonchev–Trinajstić information content (AvgIpc) is 3.48. The summed E-state index contributed by atoms with van der Waals surface area (Å²) in [6.07, 6.45) is 8.36. The number of ether oxygens (including phenoxy) is 3. The number of rotatable bonds is 18. The van der Waals surface area contributed by atoms with Crippen molar-refractivity contribution >= 4 is 41.1 Å².